The summed E-state index contributed by atoms with van der Waals surface area (Å²) in [6.07, 6.45) is 1.75. The van der Waals surface area contributed by atoms with Crippen molar-refractivity contribution in [3.63, 3.8) is 0 Å². The maximum absolute atomic E-state index is 13.3. The van der Waals surface area contributed by atoms with E-state index in [0.29, 0.717) is 12.1 Å². The Labute approximate surface area is 195 Å². The number of hydrogen-bond acceptors (Lipinski definition) is 4. The number of rotatable bonds is 7. The van der Waals surface area contributed by atoms with Crippen molar-refractivity contribution >= 4 is 65.2 Å². The van der Waals surface area contributed by atoms with E-state index in [0.717, 1.165) is 33.0 Å². The molecule has 9 heteroatoms. The van der Waals surface area contributed by atoms with Crippen LogP contribution in [0.5, 0.6) is 0 Å². The Hall–Kier alpha value is -0.900. The predicted molar refractivity (Wildman–Crippen MR) is 128 cm³/mol. The molecule has 0 aliphatic heterocycles. The molecule has 0 aliphatic carbocycles. The minimum absolute atomic E-state index is 0. The van der Waals surface area contributed by atoms with Gasteiger partial charge in [0.15, 0.2) is 0 Å². The largest absolute Gasteiger partial charge is 0.308 e. The average Bonchev–Trinajstić information content (AvgIpc) is 2.99. The summed E-state index contributed by atoms with van der Waals surface area (Å²) in [5, 5.41) is 0.937. The molecule has 1 aromatic heterocycles. The van der Waals surface area contributed by atoms with Crippen molar-refractivity contribution in [2.45, 2.75) is 11.4 Å². The van der Waals surface area contributed by atoms with Crippen LogP contribution in [0.2, 0.25) is 0 Å². The van der Waals surface area contributed by atoms with Crippen molar-refractivity contribution in [1.82, 2.24) is 13.8 Å². The van der Waals surface area contributed by atoms with Crippen LogP contribution in [0.25, 0.3) is 10.9 Å². The molecule has 5 nitrogen and oxygen atoms in total. The van der Waals surface area contributed by atoms with E-state index in [1.54, 1.807) is 30.5 Å². The molecule has 158 valence electrons. The number of benzene rings is 2. The van der Waals surface area contributed by atoms with Gasteiger partial charge in [-0.25, -0.2) is 12.4 Å². The quantitative estimate of drug-likeness (QED) is 0.412. The van der Waals surface area contributed by atoms with Gasteiger partial charge in [-0.3, -0.25) is 0 Å². The standard InChI is InChI=1S/C20H23Br2N3O2S.ClH/c1-23(2)10-11-24(3)13-15-14-25(20-9-6-17(22)12-19(15)20)28(26,27)18-7-4-16(21)5-8-18;/h4-9,12,14H,10-11,13H2,1-3H3;1H. The highest BCUT2D eigenvalue weighted by molar-refractivity contribution is 9.10. The molecule has 0 saturated heterocycles. The second kappa shape index (κ2) is 9.94. The number of nitrogens with zero attached hydrogens (tertiary/aromatic N) is 3. The van der Waals surface area contributed by atoms with Crippen LogP contribution in [0.3, 0.4) is 0 Å². The number of fused-ring (bicyclic) bond motifs is 1. The smallest absolute Gasteiger partial charge is 0.268 e. The second-order valence-corrected chi connectivity index (χ2v) is 10.8. The van der Waals surface area contributed by atoms with E-state index in [9.17, 15) is 8.42 Å². The van der Waals surface area contributed by atoms with Crippen molar-refractivity contribution in [3.8, 4) is 0 Å². The van der Waals surface area contributed by atoms with Crippen LogP contribution in [-0.2, 0) is 16.6 Å². The molecule has 0 atom stereocenters. The molecule has 0 saturated carbocycles. The molecule has 2 aromatic carbocycles. The normalized spacial score (nSPS) is 12.0. The highest BCUT2D eigenvalue weighted by Gasteiger charge is 2.22. The lowest BCUT2D eigenvalue weighted by atomic mass is 10.1. The van der Waals surface area contributed by atoms with Crippen molar-refractivity contribution < 1.29 is 8.42 Å². The molecule has 3 aromatic rings. The van der Waals surface area contributed by atoms with Crippen molar-refractivity contribution in [3.05, 3.63) is 63.2 Å². The molecule has 0 spiro atoms. The molecule has 29 heavy (non-hydrogen) atoms. The summed E-state index contributed by atoms with van der Waals surface area (Å²) in [5.74, 6) is 0. The van der Waals surface area contributed by atoms with Crippen LogP contribution in [-0.4, -0.2) is 56.4 Å². The molecule has 0 bridgehead atoms. The number of halogens is 3. The molecule has 0 radical (unpaired) electrons. The van der Waals surface area contributed by atoms with Gasteiger partial charge in [-0.05, 0) is 69.2 Å². The van der Waals surface area contributed by atoms with E-state index in [4.69, 9.17) is 0 Å². The molecule has 0 aliphatic rings. The van der Waals surface area contributed by atoms with E-state index >= 15 is 0 Å². The van der Waals surface area contributed by atoms with Gasteiger partial charge in [-0.15, -0.1) is 12.4 Å². The van der Waals surface area contributed by atoms with Crippen molar-refractivity contribution in [2.75, 3.05) is 34.2 Å². The van der Waals surface area contributed by atoms with Gasteiger partial charge in [0.2, 0.25) is 0 Å². The van der Waals surface area contributed by atoms with Gasteiger partial charge in [0.25, 0.3) is 10.0 Å². The minimum Gasteiger partial charge on any atom is -0.308 e. The van der Waals surface area contributed by atoms with Crippen LogP contribution in [0.4, 0.5) is 0 Å². The maximum atomic E-state index is 13.3. The predicted octanol–water partition coefficient (Wildman–Crippen LogP) is 4.82. The zero-order valence-electron chi connectivity index (χ0n) is 16.5. The first-order chi connectivity index (χ1) is 13.2. The van der Waals surface area contributed by atoms with Crippen LogP contribution >= 0.6 is 44.3 Å². The Balaban J connectivity index is 0.00000300. The Morgan fingerprint density at radius 1 is 0.931 bits per heavy atom. The summed E-state index contributed by atoms with van der Waals surface area (Å²) in [4.78, 5) is 4.60. The van der Waals surface area contributed by atoms with E-state index in [-0.39, 0.29) is 17.3 Å². The van der Waals surface area contributed by atoms with Gasteiger partial charge in [0.1, 0.15) is 0 Å². The zero-order valence-corrected chi connectivity index (χ0v) is 21.3. The van der Waals surface area contributed by atoms with Crippen molar-refractivity contribution in [2.24, 2.45) is 0 Å². The van der Waals surface area contributed by atoms with E-state index in [1.165, 1.54) is 3.97 Å². The van der Waals surface area contributed by atoms with E-state index in [2.05, 4.69) is 41.7 Å². The number of aromatic nitrogens is 1. The summed E-state index contributed by atoms with van der Waals surface area (Å²) in [7, 11) is 2.45. The molecular formula is C20H24Br2ClN3O2S. The second-order valence-electron chi connectivity index (χ2n) is 7.11. The van der Waals surface area contributed by atoms with Crippen LogP contribution < -0.4 is 0 Å². The Kier molecular flexibility index (Phi) is 8.35. The van der Waals surface area contributed by atoms with Gasteiger partial charge in [-0.1, -0.05) is 31.9 Å². The molecule has 0 amide bonds. The summed E-state index contributed by atoms with van der Waals surface area (Å²) >= 11 is 6.87. The highest BCUT2D eigenvalue weighted by atomic mass is 79.9. The van der Waals surface area contributed by atoms with Crippen LogP contribution in [0.15, 0.2) is 62.5 Å². The third-order valence-electron chi connectivity index (χ3n) is 4.55. The van der Waals surface area contributed by atoms with E-state index < -0.39 is 10.0 Å². The zero-order chi connectivity index (χ0) is 20.5. The first-order valence-corrected chi connectivity index (χ1v) is 11.8. The molecule has 0 unspecified atom stereocenters. The lowest BCUT2D eigenvalue weighted by Gasteiger charge is -2.18. The molecular weight excluding hydrogens is 542 g/mol. The fraction of sp³-hybridized carbons (Fsp3) is 0.300. The molecule has 3 rings (SSSR count). The summed E-state index contributed by atoms with van der Waals surface area (Å²) in [6, 6.07) is 12.4. The Morgan fingerprint density at radius 3 is 2.17 bits per heavy atom. The fourth-order valence-electron chi connectivity index (χ4n) is 3.02. The lowest BCUT2D eigenvalue weighted by molar-refractivity contribution is 0.277. The van der Waals surface area contributed by atoms with Gasteiger partial charge in [0.05, 0.1) is 10.4 Å². The summed E-state index contributed by atoms with van der Waals surface area (Å²) < 4.78 is 29.7. The third-order valence-corrected chi connectivity index (χ3v) is 7.26. The third kappa shape index (κ3) is 5.62. The number of likely N-dealkylation sites (N-methyl/N-ethyl adjacent to an activating group) is 2. The van der Waals surface area contributed by atoms with Crippen molar-refractivity contribution in [1.29, 1.82) is 0 Å². The molecule has 1 heterocycles. The molecule has 0 fully saturated rings. The van der Waals surface area contributed by atoms with Gasteiger partial charge in [-0.2, -0.15) is 0 Å². The highest BCUT2D eigenvalue weighted by Crippen LogP contribution is 2.29. The van der Waals surface area contributed by atoms with Gasteiger partial charge < -0.3 is 9.80 Å². The summed E-state index contributed by atoms with van der Waals surface area (Å²) in [6.45, 7) is 2.51. The fourth-order valence-corrected chi connectivity index (χ4v) is 5.04. The lowest BCUT2D eigenvalue weighted by Crippen LogP contribution is -2.28. The Morgan fingerprint density at radius 2 is 1.55 bits per heavy atom. The van der Waals surface area contributed by atoms with Gasteiger partial charge >= 0.3 is 0 Å². The van der Waals surface area contributed by atoms with Gasteiger partial charge in [0, 0.05) is 40.2 Å². The molecule has 0 N–H and O–H groups in total. The minimum atomic E-state index is -3.68. The monoisotopic (exact) mass is 563 g/mol. The van der Waals surface area contributed by atoms with Crippen LogP contribution in [0, 0.1) is 0 Å². The topological polar surface area (TPSA) is 45.5 Å². The van der Waals surface area contributed by atoms with E-state index in [1.807, 2.05) is 39.3 Å². The number of hydrogen-bond donors (Lipinski definition) is 0. The van der Waals surface area contributed by atoms with Crippen LogP contribution in [0.1, 0.15) is 5.56 Å². The first kappa shape index (κ1) is 24.4. The SMILES string of the molecule is CN(C)CCN(C)Cc1cn(S(=O)(=O)c2ccc(Br)cc2)c2ccc(Br)cc12.Cl. The maximum Gasteiger partial charge on any atom is 0.268 e. The Bertz CT molecular complexity index is 1080. The average molecular weight is 566 g/mol. The first-order valence-electron chi connectivity index (χ1n) is 8.82. The summed E-state index contributed by atoms with van der Waals surface area (Å²) in [5.41, 5.74) is 1.67.